The average Bonchev–Trinajstić information content (AvgIpc) is 2.73. The van der Waals surface area contributed by atoms with Crippen LogP contribution in [0.15, 0.2) is 47.3 Å². The van der Waals surface area contributed by atoms with Gasteiger partial charge < -0.3 is 19.2 Å². The molecule has 3 rings (SSSR count). The van der Waals surface area contributed by atoms with E-state index >= 15 is 0 Å². The second-order valence-corrected chi connectivity index (χ2v) is 5.78. The maximum atomic E-state index is 12.5. The van der Waals surface area contributed by atoms with Gasteiger partial charge in [0.05, 0.1) is 18.0 Å². The number of carboxylic acid groups (broad SMARTS) is 1. The predicted octanol–water partition coefficient (Wildman–Crippen LogP) is 2.37. The molecule has 5 heteroatoms. The molecule has 0 bridgehead atoms. The van der Waals surface area contributed by atoms with E-state index in [4.69, 9.17) is 4.74 Å². The summed E-state index contributed by atoms with van der Waals surface area (Å²) in [4.78, 5) is 23.5. The lowest BCUT2D eigenvalue weighted by atomic mass is 10.2. The number of hydrogen-bond acceptors (Lipinski definition) is 4. The van der Waals surface area contributed by atoms with Crippen molar-refractivity contribution in [2.75, 3.05) is 6.61 Å². The number of aryl methyl sites for hydroxylation is 2. The van der Waals surface area contributed by atoms with E-state index in [9.17, 15) is 14.7 Å². The number of aromatic carboxylic acids is 1. The van der Waals surface area contributed by atoms with Gasteiger partial charge in [0.1, 0.15) is 5.75 Å². The van der Waals surface area contributed by atoms with Crippen LogP contribution in [0.4, 0.5) is 0 Å². The Hall–Kier alpha value is -3.08. The number of fused-ring (bicyclic) bond motifs is 1. The molecule has 0 saturated heterocycles. The SMILES string of the molecule is CCOc1cccc(=O)c2c(C)n(-c3ccc(C(=O)[O-])cc3)c(C)c12. The molecule has 1 aromatic heterocycles. The van der Waals surface area contributed by atoms with Gasteiger partial charge in [-0.2, -0.15) is 0 Å². The molecular weight excluding hydrogens is 318 g/mol. The highest BCUT2D eigenvalue weighted by Crippen LogP contribution is 2.32. The Balaban J connectivity index is 2.34. The molecule has 0 aliphatic rings. The second-order valence-electron chi connectivity index (χ2n) is 5.78. The molecule has 0 saturated carbocycles. The molecule has 0 amide bonds. The molecule has 0 aliphatic heterocycles. The van der Waals surface area contributed by atoms with Crippen molar-refractivity contribution in [3.8, 4) is 11.4 Å². The first-order valence-corrected chi connectivity index (χ1v) is 8.05. The monoisotopic (exact) mass is 336 g/mol. The van der Waals surface area contributed by atoms with Crippen molar-refractivity contribution < 1.29 is 14.6 Å². The molecule has 0 aliphatic carbocycles. The smallest absolute Gasteiger partial charge is 0.188 e. The van der Waals surface area contributed by atoms with Crippen LogP contribution in [0.5, 0.6) is 5.75 Å². The van der Waals surface area contributed by atoms with E-state index in [1.54, 1.807) is 24.3 Å². The van der Waals surface area contributed by atoms with Gasteiger partial charge in [-0.25, -0.2) is 0 Å². The summed E-state index contributed by atoms with van der Waals surface area (Å²) in [5.41, 5.74) is 2.47. The fourth-order valence-electron chi connectivity index (χ4n) is 3.24. The number of carboxylic acids is 1. The minimum Gasteiger partial charge on any atom is -0.545 e. The van der Waals surface area contributed by atoms with Gasteiger partial charge >= 0.3 is 0 Å². The first kappa shape index (κ1) is 16.8. The molecule has 0 spiro atoms. The number of carbonyl (C=O) groups is 1. The number of benzene rings is 1. The van der Waals surface area contributed by atoms with Gasteiger partial charge in [0.25, 0.3) is 0 Å². The molecule has 0 radical (unpaired) electrons. The summed E-state index contributed by atoms with van der Waals surface area (Å²) in [7, 11) is 0. The lowest BCUT2D eigenvalue weighted by molar-refractivity contribution is -0.255. The Bertz CT molecular complexity index is 1020. The lowest BCUT2D eigenvalue weighted by Gasteiger charge is -2.11. The summed E-state index contributed by atoms with van der Waals surface area (Å²) in [5, 5.41) is 12.3. The fourth-order valence-corrected chi connectivity index (χ4v) is 3.24. The fraction of sp³-hybridized carbons (Fsp3) is 0.200. The first-order valence-electron chi connectivity index (χ1n) is 8.05. The van der Waals surface area contributed by atoms with Crippen LogP contribution in [0.2, 0.25) is 0 Å². The maximum Gasteiger partial charge on any atom is 0.188 e. The van der Waals surface area contributed by atoms with Crippen LogP contribution in [0.1, 0.15) is 28.7 Å². The second kappa shape index (κ2) is 6.43. The third kappa shape index (κ3) is 2.78. The molecule has 0 unspecified atom stereocenters. The van der Waals surface area contributed by atoms with Crippen molar-refractivity contribution in [2.45, 2.75) is 20.8 Å². The van der Waals surface area contributed by atoms with E-state index in [-0.39, 0.29) is 11.0 Å². The van der Waals surface area contributed by atoms with Crippen molar-refractivity contribution in [3.63, 3.8) is 0 Å². The third-order valence-corrected chi connectivity index (χ3v) is 4.29. The van der Waals surface area contributed by atoms with Crippen LogP contribution < -0.4 is 15.3 Å². The predicted molar refractivity (Wildman–Crippen MR) is 94.5 cm³/mol. The summed E-state index contributed by atoms with van der Waals surface area (Å²) in [6, 6.07) is 11.4. The largest absolute Gasteiger partial charge is 0.545 e. The zero-order valence-corrected chi connectivity index (χ0v) is 14.3. The number of ether oxygens (including phenoxy) is 1. The molecule has 0 atom stereocenters. The van der Waals surface area contributed by atoms with Crippen LogP contribution in [-0.4, -0.2) is 17.1 Å². The number of hydrogen-bond donors (Lipinski definition) is 0. The minimum absolute atomic E-state index is 0.0772. The van der Waals surface area contributed by atoms with Crippen LogP contribution in [-0.2, 0) is 0 Å². The van der Waals surface area contributed by atoms with E-state index in [0.717, 1.165) is 22.5 Å². The quantitative estimate of drug-likeness (QED) is 0.733. The normalized spacial score (nSPS) is 10.8. The Morgan fingerprint density at radius 3 is 2.28 bits per heavy atom. The number of aromatic nitrogens is 1. The van der Waals surface area contributed by atoms with Gasteiger partial charge in [-0.05, 0) is 50.6 Å². The Morgan fingerprint density at radius 1 is 1.04 bits per heavy atom. The molecular formula is C20H18NO4-. The highest BCUT2D eigenvalue weighted by Gasteiger charge is 2.17. The van der Waals surface area contributed by atoms with Crippen LogP contribution in [0.3, 0.4) is 0 Å². The zero-order valence-electron chi connectivity index (χ0n) is 14.3. The van der Waals surface area contributed by atoms with Crippen molar-refractivity contribution in [2.24, 2.45) is 0 Å². The standard InChI is InChI=1S/C20H19NO4/c1-4-25-17-7-5-6-16(22)18-12(2)21(13(3)19(17)18)15-10-8-14(9-11-15)20(23)24/h5-11H,4H2,1-3H3,(H,23,24)/p-1. The van der Waals surface area contributed by atoms with E-state index < -0.39 is 5.97 Å². The molecule has 128 valence electrons. The first-order chi connectivity index (χ1) is 12.0. The van der Waals surface area contributed by atoms with Gasteiger partial charge in [0.2, 0.25) is 0 Å². The topological polar surface area (TPSA) is 71.4 Å². The Morgan fingerprint density at radius 2 is 1.68 bits per heavy atom. The summed E-state index contributed by atoms with van der Waals surface area (Å²) in [5.74, 6) is -0.560. The van der Waals surface area contributed by atoms with Gasteiger partial charge in [0.15, 0.2) is 5.43 Å². The highest BCUT2D eigenvalue weighted by molar-refractivity contribution is 5.93. The third-order valence-electron chi connectivity index (χ3n) is 4.29. The van der Waals surface area contributed by atoms with Crippen molar-refractivity contribution >= 4 is 16.7 Å². The van der Waals surface area contributed by atoms with E-state index in [0.29, 0.717) is 17.7 Å². The van der Waals surface area contributed by atoms with Crippen LogP contribution in [0, 0.1) is 13.8 Å². The Labute approximate surface area is 145 Å². The van der Waals surface area contributed by atoms with Crippen LogP contribution >= 0.6 is 0 Å². The van der Waals surface area contributed by atoms with Crippen LogP contribution in [0.25, 0.3) is 16.5 Å². The summed E-state index contributed by atoms with van der Waals surface area (Å²) >= 11 is 0. The van der Waals surface area contributed by atoms with E-state index in [1.807, 2.05) is 25.3 Å². The molecule has 1 heterocycles. The van der Waals surface area contributed by atoms with E-state index in [2.05, 4.69) is 0 Å². The number of carbonyl (C=O) groups excluding carboxylic acids is 1. The lowest BCUT2D eigenvalue weighted by Crippen LogP contribution is -2.22. The molecule has 25 heavy (non-hydrogen) atoms. The molecule has 0 fully saturated rings. The summed E-state index contributed by atoms with van der Waals surface area (Å²) in [6.07, 6.45) is 0. The number of nitrogens with zero attached hydrogens (tertiary/aromatic N) is 1. The van der Waals surface area contributed by atoms with Gasteiger partial charge in [-0.3, -0.25) is 4.79 Å². The van der Waals surface area contributed by atoms with Gasteiger partial charge in [-0.1, -0.05) is 18.2 Å². The molecule has 2 aromatic carbocycles. The molecule has 3 aromatic rings. The van der Waals surface area contributed by atoms with Gasteiger partial charge in [0, 0.05) is 22.5 Å². The average molecular weight is 336 g/mol. The highest BCUT2D eigenvalue weighted by atomic mass is 16.5. The van der Waals surface area contributed by atoms with Gasteiger partial charge in [-0.15, -0.1) is 0 Å². The molecule has 5 nitrogen and oxygen atoms in total. The van der Waals surface area contributed by atoms with Crippen molar-refractivity contribution in [3.05, 3.63) is 69.6 Å². The summed E-state index contributed by atoms with van der Waals surface area (Å²) < 4.78 is 7.67. The van der Waals surface area contributed by atoms with E-state index in [1.165, 1.54) is 18.2 Å². The summed E-state index contributed by atoms with van der Waals surface area (Å²) in [6.45, 7) is 6.19. The zero-order chi connectivity index (χ0) is 18.1. The molecule has 0 N–H and O–H groups in total. The van der Waals surface area contributed by atoms with Crippen molar-refractivity contribution in [1.29, 1.82) is 0 Å². The van der Waals surface area contributed by atoms with Crippen molar-refractivity contribution in [1.82, 2.24) is 4.57 Å². The maximum absolute atomic E-state index is 12.5. The number of rotatable bonds is 4. The Kier molecular flexibility index (Phi) is 4.31. The minimum atomic E-state index is -1.22.